The molecule has 23 heavy (non-hydrogen) atoms. The molecule has 0 aromatic carbocycles. The van der Waals surface area contributed by atoms with Crippen LogP contribution in [0, 0.1) is 34.0 Å². The Morgan fingerprint density at radius 2 is 2.09 bits per heavy atom. The third kappa shape index (κ3) is 2.85. The van der Waals surface area contributed by atoms with E-state index in [9.17, 15) is 14.4 Å². The maximum Gasteiger partial charge on any atom is 0.178 e. The third-order valence-corrected chi connectivity index (χ3v) is 6.26. The van der Waals surface area contributed by atoms with E-state index in [-0.39, 0.29) is 23.8 Å². The summed E-state index contributed by atoms with van der Waals surface area (Å²) in [6.07, 6.45) is 4.88. The van der Waals surface area contributed by atoms with Crippen molar-refractivity contribution in [2.75, 3.05) is 26.3 Å². The quantitative estimate of drug-likeness (QED) is 0.775. The Morgan fingerprint density at radius 1 is 1.43 bits per heavy atom. The highest BCUT2D eigenvalue weighted by atomic mass is 19.1. The van der Waals surface area contributed by atoms with Crippen LogP contribution in [0.1, 0.15) is 47.0 Å². The molecule has 0 unspecified atom stereocenters. The SMILES string of the molecule is CCC(CC)[C@@]12C=C(C#N)C(=O)C(C)(C)[C@H]1CCN(CCF)C2. The number of carbonyl (C=O) groups excluding carboxylic acids is 1. The zero-order chi connectivity index (χ0) is 17.3. The molecule has 0 spiro atoms. The number of nitrogens with zero attached hydrogens (tertiary/aromatic N) is 2. The molecule has 1 heterocycles. The lowest BCUT2D eigenvalue weighted by molar-refractivity contribution is -0.136. The molecule has 0 aromatic heterocycles. The lowest BCUT2D eigenvalue weighted by Gasteiger charge is -2.57. The fourth-order valence-electron chi connectivity index (χ4n) is 5.15. The zero-order valence-corrected chi connectivity index (χ0v) is 14.9. The van der Waals surface area contributed by atoms with Crippen molar-refractivity contribution in [2.45, 2.75) is 47.0 Å². The maximum absolute atomic E-state index is 12.9. The first-order valence-corrected chi connectivity index (χ1v) is 8.83. The number of rotatable bonds is 5. The van der Waals surface area contributed by atoms with Gasteiger partial charge in [-0.25, -0.2) is 4.39 Å². The lowest BCUT2D eigenvalue weighted by atomic mass is 9.49. The number of carbonyl (C=O) groups is 1. The number of fused-ring (bicyclic) bond motifs is 1. The number of piperidine rings is 1. The summed E-state index contributed by atoms with van der Waals surface area (Å²) < 4.78 is 12.9. The largest absolute Gasteiger partial charge is 0.300 e. The Kier molecular flexibility index (Phi) is 5.30. The molecule has 3 nitrogen and oxygen atoms in total. The van der Waals surface area contributed by atoms with Gasteiger partial charge in [0.1, 0.15) is 12.7 Å². The molecule has 2 rings (SSSR count). The summed E-state index contributed by atoms with van der Waals surface area (Å²) in [6, 6.07) is 2.14. The topological polar surface area (TPSA) is 44.1 Å². The molecule has 0 radical (unpaired) electrons. The second kappa shape index (κ2) is 6.73. The summed E-state index contributed by atoms with van der Waals surface area (Å²) in [5.74, 6) is 0.608. The first kappa shape index (κ1) is 18.1. The molecule has 1 aliphatic heterocycles. The minimum Gasteiger partial charge on any atom is -0.300 e. The van der Waals surface area contributed by atoms with E-state index in [1.165, 1.54) is 0 Å². The van der Waals surface area contributed by atoms with E-state index < -0.39 is 5.41 Å². The van der Waals surface area contributed by atoms with E-state index in [4.69, 9.17) is 0 Å². The summed E-state index contributed by atoms with van der Waals surface area (Å²) in [5, 5.41) is 9.48. The van der Waals surface area contributed by atoms with Crippen LogP contribution in [-0.2, 0) is 4.79 Å². The standard InChI is InChI=1S/C19H29FN2O/c1-5-15(6-2)19-11-14(12-21)17(23)18(3,4)16(19)7-9-22(13-19)10-8-20/h11,15-16H,5-10,13H2,1-4H3/t16-,19+/m1/s1. The van der Waals surface area contributed by atoms with Gasteiger partial charge in [-0.05, 0) is 24.8 Å². The highest BCUT2D eigenvalue weighted by Crippen LogP contribution is 2.56. The maximum atomic E-state index is 12.9. The van der Waals surface area contributed by atoms with Gasteiger partial charge in [-0.2, -0.15) is 5.26 Å². The lowest BCUT2D eigenvalue weighted by Crippen LogP contribution is -2.59. The summed E-state index contributed by atoms with van der Waals surface area (Å²) in [7, 11) is 0. The van der Waals surface area contributed by atoms with Crippen LogP contribution in [0.4, 0.5) is 4.39 Å². The van der Waals surface area contributed by atoms with E-state index in [0.29, 0.717) is 18.0 Å². The molecule has 1 aliphatic carbocycles. The van der Waals surface area contributed by atoms with Gasteiger partial charge in [0.05, 0.1) is 5.57 Å². The fraction of sp³-hybridized carbons (Fsp3) is 0.789. The minimum atomic E-state index is -0.524. The minimum absolute atomic E-state index is 0.0227. The number of halogens is 1. The van der Waals surface area contributed by atoms with Crippen LogP contribution in [-0.4, -0.2) is 37.0 Å². The molecule has 2 atom stereocenters. The molecule has 1 fully saturated rings. The van der Waals surface area contributed by atoms with Gasteiger partial charge >= 0.3 is 0 Å². The average Bonchev–Trinajstić information content (AvgIpc) is 2.52. The van der Waals surface area contributed by atoms with Crippen molar-refractivity contribution >= 4 is 5.78 Å². The Labute approximate surface area is 139 Å². The molecular weight excluding hydrogens is 291 g/mol. The van der Waals surface area contributed by atoms with Gasteiger partial charge in [0.15, 0.2) is 5.78 Å². The van der Waals surface area contributed by atoms with Crippen molar-refractivity contribution in [1.29, 1.82) is 5.26 Å². The molecule has 4 heteroatoms. The third-order valence-electron chi connectivity index (χ3n) is 6.26. The molecule has 0 bridgehead atoms. The second-order valence-electron chi connectivity index (χ2n) is 7.65. The van der Waals surface area contributed by atoms with Gasteiger partial charge in [0.2, 0.25) is 0 Å². The van der Waals surface area contributed by atoms with Crippen molar-refractivity contribution in [3.8, 4) is 6.07 Å². The van der Waals surface area contributed by atoms with Crippen LogP contribution >= 0.6 is 0 Å². The average molecular weight is 320 g/mol. The number of alkyl halides is 1. The van der Waals surface area contributed by atoms with Crippen LogP contribution in [0.25, 0.3) is 0 Å². The first-order valence-electron chi connectivity index (χ1n) is 8.83. The van der Waals surface area contributed by atoms with Crippen LogP contribution < -0.4 is 0 Å². The highest BCUT2D eigenvalue weighted by Gasteiger charge is 2.57. The van der Waals surface area contributed by atoms with Gasteiger partial charge in [-0.3, -0.25) is 9.69 Å². The summed E-state index contributed by atoms with van der Waals surface area (Å²) in [6.45, 7) is 10.0. The van der Waals surface area contributed by atoms with E-state index in [1.54, 1.807) is 0 Å². The number of nitriles is 1. The second-order valence-corrected chi connectivity index (χ2v) is 7.65. The molecule has 2 aliphatic rings. The monoisotopic (exact) mass is 320 g/mol. The number of Topliss-reactive ketones (excluding diaryl/α,β-unsaturated/α-hetero) is 1. The Hall–Kier alpha value is -1.21. The summed E-state index contributed by atoms with van der Waals surface area (Å²) in [5.41, 5.74) is -0.413. The number of allylic oxidation sites excluding steroid dienone is 1. The molecular formula is C19H29FN2O. The molecule has 128 valence electrons. The molecule has 0 aromatic rings. The van der Waals surface area contributed by atoms with E-state index in [1.807, 2.05) is 19.9 Å². The van der Waals surface area contributed by atoms with Crippen LogP contribution in [0.3, 0.4) is 0 Å². The van der Waals surface area contributed by atoms with Crippen molar-refractivity contribution < 1.29 is 9.18 Å². The number of hydrogen-bond acceptors (Lipinski definition) is 3. The van der Waals surface area contributed by atoms with E-state index in [2.05, 4.69) is 24.8 Å². The van der Waals surface area contributed by atoms with Crippen molar-refractivity contribution in [3.05, 3.63) is 11.6 Å². The first-order chi connectivity index (χ1) is 10.9. The van der Waals surface area contributed by atoms with Gasteiger partial charge in [0, 0.05) is 23.9 Å². The van der Waals surface area contributed by atoms with Crippen molar-refractivity contribution in [2.24, 2.45) is 22.7 Å². The Balaban J connectivity index is 2.58. The number of hydrogen-bond donors (Lipinski definition) is 0. The van der Waals surface area contributed by atoms with Crippen LogP contribution in [0.5, 0.6) is 0 Å². The molecule has 0 saturated carbocycles. The number of likely N-dealkylation sites (tertiary alicyclic amines) is 1. The predicted molar refractivity (Wildman–Crippen MR) is 89.5 cm³/mol. The van der Waals surface area contributed by atoms with Crippen LogP contribution in [0.15, 0.2) is 11.6 Å². The molecule has 0 amide bonds. The van der Waals surface area contributed by atoms with Crippen molar-refractivity contribution in [3.63, 3.8) is 0 Å². The van der Waals surface area contributed by atoms with Gasteiger partial charge < -0.3 is 0 Å². The van der Waals surface area contributed by atoms with Crippen molar-refractivity contribution in [1.82, 2.24) is 4.90 Å². The fourth-order valence-corrected chi connectivity index (χ4v) is 5.15. The Morgan fingerprint density at radius 3 is 2.61 bits per heavy atom. The van der Waals surface area contributed by atoms with Gasteiger partial charge in [-0.1, -0.05) is 46.6 Å². The van der Waals surface area contributed by atoms with E-state index in [0.717, 1.165) is 32.4 Å². The zero-order valence-electron chi connectivity index (χ0n) is 14.9. The molecule has 1 saturated heterocycles. The highest BCUT2D eigenvalue weighted by molar-refractivity contribution is 6.04. The van der Waals surface area contributed by atoms with Gasteiger partial charge in [0.25, 0.3) is 0 Å². The molecule has 0 N–H and O–H groups in total. The Bertz CT molecular complexity index is 530. The van der Waals surface area contributed by atoms with Crippen LogP contribution in [0.2, 0.25) is 0 Å². The summed E-state index contributed by atoms with van der Waals surface area (Å²) in [4.78, 5) is 14.9. The van der Waals surface area contributed by atoms with E-state index >= 15 is 0 Å². The summed E-state index contributed by atoms with van der Waals surface area (Å²) >= 11 is 0. The predicted octanol–water partition coefficient (Wildman–Crippen LogP) is 3.76. The smallest absolute Gasteiger partial charge is 0.178 e. The number of ketones is 1. The normalized spacial score (nSPS) is 30.7. The van der Waals surface area contributed by atoms with Gasteiger partial charge in [-0.15, -0.1) is 0 Å².